The van der Waals surface area contributed by atoms with E-state index >= 15 is 0 Å². The second-order valence-electron chi connectivity index (χ2n) is 5.13. The predicted octanol–water partition coefficient (Wildman–Crippen LogP) is 3.10. The molecule has 0 radical (unpaired) electrons. The molecule has 2 rings (SSSR count). The Hall–Kier alpha value is -3.61. The summed E-state index contributed by atoms with van der Waals surface area (Å²) in [4.78, 5) is 27.5. The first-order valence-electron chi connectivity index (χ1n) is 7.66. The standard InChI is InChI=1S/C19H18N2O5/c1-13(22)26-21-18(20-14-8-4-3-5-9-14)16-11-7-6-10-15(16)17(12-25-2)19(23)24/h3-12H,1-2H3,(H,20,21)(H,23,24). The fraction of sp³-hybridized carbons (Fsp3) is 0.105. The molecule has 26 heavy (non-hydrogen) atoms. The summed E-state index contributed by atoms with van der Waals surface area (Å²) in [5.41, 5.74) is 1.42. The number of benzene rings is 2. The second-order valence-corrected chi connectivity index (χ2v) is 5.13. The quantitative estimate of drug-likeness (QED) is 0.207. The number of amidine groups is 1. The summed E-state index contributed by atoms with van der Waals surface area (Å²) >= 11 is 0. The molecule has 134 valence electrons. The van der Waals surface area contributed by atoms with E-state index < -0.39 is 11.9 Å². The molecule has 0 aromatic heterocycles. The molecular weight excluding hydrogens is 336 g/mol. The van der Waals surface area contributed by atoms with Crippen LogP contribution in [0.15, 0.2) is 66.0 Å². The highest BCUT2D eigenvalue weighted by atomic mass is 16.7. The van der Waals surface area contributed by atoms with Gasteiger partial charge >= 0.3 is 11.9 Å². The van der Waals surface area contributed by atoms with E-state index in [9.17, 15) is 14.7 Å². The van der Waals surface area contributed by atoms with Crippen LogP contribution in [0.4, 0.5) is 5.69 Å². The molecule has 0 spiro atoms. The van der Waals surface area contributed by atoms with E-state index in [2.05, 4.69) is 10.5 Å². The van der Waals surface area contributed by atoms with E-state index in [0.29, 0.717) is 16.8 Å². The molecule has 0 atom stereocenters. The highest BCUT2D eigenvalue weighted by molar-refractivity contribution is 6.20. The van der Waals surface area contributed by atoms with Crippen LogP contribution in [0.3, 0.4) is 0 Å². The number of ether oxygens (including phenoxy) is 1. The lowest BCUT2D eigenvalue weighted by molar-refractivity contribution is -0.141. The van der Waals surface area contributed by atoms with Gasteiger partial charge in [-0.2, -0.15) is 0 Å². The lowest BCUT2D eigenvalue weighted by Gasteiger charge is -2.14. The van der Waals surface area contributed by atoms with Gasteiger partial charge < -0.3 is 20.0 Å². The van der Waals surface area contributed by atoms with Gasteiger partial charge in [0.05, 0.1) is 13.4 Å². The zero-order chi connectivity index (χ0) is 18.9. The topological polar surface area (TPSA) is 97.2 Å². The van der Waals surface area contributed by atoms with E-state index in [-0.39, 0.29) is 11.4 Å². The zero-order valence-electron chi connectivity index (χ0n) is 14.3. The Bertz CT molecular complexity index is 844. The van der Waals surface area contributed by atoms with Crippen molar-refractivity contribution in [3.05, 3.63) is 72.0 Å². The van der Waals surface area contributed by atoms with Crippen LogP contribution in [-0.2, 0) is 19.2 Å². The number of nitrogens with zero attached hydrogens (tertiary/aromatic N) is 1. The van der Waals surface area contributed by atoms with Crippen LogP contribution in [0.5, 0.6) is 0 Å². The summed E-state index contributed by atoms with van der Waals surface area (Å²) in [5, 5.41) is 16.4. The molecule has 0 aliphatic carbocycles. The molecule has 0 heterocycles. The van der Waals surface area contributed by atoms with Crippen LogP contribution in [0.25, 0.3) is 5.57 Å². The number of carboxylic acids is 1. The summed E-state index contributed by atoms with van der Waals surface area (Å²) < 4.78 is 4.88. The molecule has 0 aliphatic rings. The zero-order valence-corrected chi connectivity index (χ0v) is 14.3. The average molecular weight is 354 g/mol. The normalized spacial score (nSPS) is 11.6. The predicted molar refractivity (Wildman–Crippen MR) is 97.4 cm³/mol. The molecule has 7 nitrogen and oxygen atoms in total. The van der Waals surface area contributed by atoms with Gasteiger partial charge in [-0.15, -0.1) is 0 Å². The minimum absolute atomic E-state index is 0.0616. The summed E-state index contributed by atoms with van der Waals surface area (Å²) in [7, 11) is 1.36. The Balaban J connectivity index is 2.54. The number of oxime groups is 1. The van der Waals surface area contributed by atoms with Crippen LogP contribution in [0, 0.1) is 0 Å². The first-order valence-corrected chi connectivity index (χ1v) is 7.66. The Kier molecular flexibility index (Phi) is 6.50. The molecule has 2 aromatic carbocycles. The molecule has 0 saturated carbocycles. The van der Waals surface area contributed by atoms with Crippen LogP contribution < -0.4 is 5.32 Å². The second kappa shape index (κ2) is 9.03. The molecule has 0 aliphatic heterocycles. The van der Waals surface area contributed by atoms with E-state index in [1.54, 1.807) is 36.4 Å². The van der Waals surface area contributed by atoms with Crippen molar-refractivity contribution in [2.45, 2.75) is 6.92 Å². The number of methoxy groups -OCH3 is 1. The minimum Gasteiger partial charge on any atom is -0.503 e. The number of aliphatic carboxylic acids is 1. The Labute approximate surface area is 150 Å². The van der Waals surface area contributed by atoms with Crippen LogP contribution in [-0.4, -0.2) is 30.0 Å². The number of nitrogens with one attached hydrogen (secondary N) is 1. The molecule has 0 saturated heterocycles. The highest BCUT2D eigenvalue weighted by Gasteiger charge is 2.19. The summed E-state index contributed by atoms with van der Waals surface area (Å²) in [6, 6.07) is 15.8. The van der Waals surface area contributed by atoms with Gasteiger partial charge in [0.2, 0.25) is 0 Å². The number of hydrogen-bond donors (Lipinski definition) is 2. The van der Waals surface area contributed by atoms with Crippen molar-refractivity contribution >= 4 is 29.0 Å². The van der Waals surface area contributed by atoms with Crippen molar-refractivity contribution in [3.8, 4) is 0 Å². The molecule has 2 N–H and O–H groups in total. The maximum atomic E-state index is 11.6. The number of para-hydroxylation sites is 1. The Morgan fingerprint density at radius 1 is 1.04 bits per heavy atom. The molecular formula is C19H18N2O5. The lowest BCUT2D eigenvalue weighted by atomic mass is 9.99. The number of rotatable bonds is 6. The van der Waals surface area contributed by atoms with Gasteiger partial charge in [-0.25, -0.2) is 9.59 Å². The van der Waals surface area contributed by atoms with Gasteiger partial charge in [-0.3, -0.25) is 0 Å². The SMILES string of the molecule is COC=C(C(=O)O)c1ccccc1C(=NOC(C)=O)Nc1ccccc1. The van der Waals surface area contributed by atoms with Crippen LogP contribution in [0.2, 0.25) is 0 Å². The maximum absolute atomic E-state index is 11.6. The number of carbonyl (C=O) groups is 2. The fourth-order valence-electron chi connectivity index (χ4n) is 2.18. The Morgan fingerprint density at radius 2 is 1.65 bits per heavy atom. The number of hydrogen-bond acceptors (Lipinski definition) is 5. The summed E-state index contributed by atoms with van der Waals surface area (Å²) in [6.07, 6.45) is 1.13. The third kappa shape index (κ3) is 4.94. The van der Waals surface area contributed by atoms with E-state index in [4.69, 9.17) is 9.57 Å². The first kappa shape index (κ1) is 18.7. The van der Waals surface area contributed by atoms with Gasteiger partial charge in [0.15, 0.2) is 5.84 Å². The number of anilines is 1. The van der Waals surface area contributed by atoms with Gasteiger partial charge in [-0.1, -0.05) is 47.6 Å². The largest absolute Gasteiger partial charge is 0.503 e. The molecule has 0 bridgehead atoms. The molecule has 2 aromatic rings. The van der Waals surface area contributed by atoms with Crippen molar-refractivity contribution < 1.29 is 24.3 Å². The van der Waals surface area contributed by atoms with Gasteiger partial charge in [0.25, 0.3) is 0 Å². The highest BCUT2D eigenvalue weighted by Crippen LogP contribution is 2.22. The van der Waals surface area contributed by atoms with Crippen molar-refractivity contribution in [1.82, 2.24) is 0 Å². The van der Waals surface area contributed by atoms with Crippen molar-refractivity contribution in [2.24, 2.45) is 5.16 Å². The van der Waals surface area contributed by atoms with Crippen LogP contribution in [0.1, 0.15) is 18.1 Å². The third-order valence-electron chi connectivity index (χ3n) is 3.24. The van der Waals surface area contributed by atoms with E-state index in [1.807, 2.05) is 18.2 Å². The maximum Gasteiger partial charge on any atom is 0.339 e. The fourth-order valence-corrected chi connectivity index (χ4v) is 2.18. The summed E-state index contributed by atoms with van der Waals surface area (Å²) in [5.74, 6) is -1.57. The lowest BCUT2D eigenvalue weighted by Crippen LogP contribution is -2.18. The van der Waals surface area contributed by atoms with Crippen molar-refractivity contribution in [3.63, 3.8) is 0 Å². The Morgan fingerprint density at radius 3 is 2.23 bits per heavy atom. The van der Waals surface area contributed by atoms with Gasteiger partial charge in [0.1, 0.15) is 5.57 Å². The molecule has 0 fully saturated rings. The molecule has 0 amide bonds. The molecule has 0 unspecified atom stereocenters. The monoisotopic (exact) mass is 354 g/mol. The van der Waals surface area contributed by atoms with Crippen molar-refractivity contribution in [1.29, 1.82) is 0 Å². The average Bonchev–Trinajstić information content (AvgIpc) is 2.63. The number of carbonyl (C=O) groups excluding carboxylic acids is 1. The van der Waals surface area contributed by atoms with E-state index in [0.717, 1.165) is 6.26 Å². The number of carboxylic acid groups (broad SMARTS) is 1. The van der Waals surface area contributed by atoms with E-state index in [1.165, 1.54) is 14.0 Å². The van der Waals surface area contributed by atoms with Gasteiger partial charge in [-0.05, 0) is 12.1 Å². The first-order chi connectivity index (χ1) is 12.5. The third-order valence-corrected chi connectivity index (χ3v) is 3.24. The summed E-state index contributed by atoms with van der Waals surface area (Å²) in [6.45, 7) is 1.23. The minimum atomic E-state index is -1.16. The molecule has 7 heteroatoms. The van der Waals surface area contributed by atoms with Crippen molar-refractivity contribution in [2.75, 3.05) is 12.4 Å². The smallest absolute Gasteiger partial charge is 0.339 e. The van der Waals surface area contributed by atoms with Gasteiger partial charge in [0, 0.05) is 23.7 Å². The van der Waals surface area contributed by atoms with Crippen LogP contribution >= 0.6 is 0 Å².